The van der Waals surface area contributed by atoms with E-state index in [9.17, 15) is 0 Å². The van der Waals surface area contributed by atoms with Crippen molar-refractivity contribution in [1.82, 2.24) is 24.9 Å². The number of nitrogens with one attached hydrogen (secondary N) is 2. The number of hydrogen-bond donors (Lipinski definition) is 2. The molecule has 0 fully saturated rings. The molecule has 6 heteroatoms. The molecule has 0 amide bonds. The van der Waals surface area contributed by atoms with Gasteiger partial charge in [0.1, 0.15) is 17.8 Å². The largest absolute Gasteiger partial charge is 0.366 e. The van der Waals surface area contributed by atoms with Crippen LogP contribution in [-0.4, -0.2) is 24.9 Å². The quantitative estimate of drug-likeness (QED) is 0.464. The molecule has 140 valence electrons. The van der Waals surface area contributed by atoms with Gasteiger partial charge in [-0.15, -0.1) is 0 Å². The van der Waals surface area contributed by atoms with Gasteiger partial charge in [0.2, 0.25) is 0 Å². The zero-order valence-corrected chi connectivity index (χ0v) is 15.6. The second-order valence-electron chi connectivity index (χ2n) is 6.67. The van der Waals surface area contributed by atoms with Crippen molar-refractivity contribution >= 4 is 16.9 Å². The third-order valence-electron chi connectivity index (χ3n) is 4.75. The number of benzene rings is 1. The first kappa shape index (κ1) is 17.1. The normalized spacial score (nSPS) is 10.9. The first-order valence-electron chi connectivity index (χ1n) is 9.35. The number of nitrogens with zero attached hydrogens (tertiary/aromatic N) is 4. The van der Waals surface area contributed by atoms with Gasteiger partial charge in [-0.25, -0.2) is 15.0 Å². The number of anilines is 1. The summed E-state index contributed by atoms with van der Waals surface area (Å²) in [5.74, 6) is 0.780. The Morgan fingerprint density at radius 1 is 0.828 bits per heavy atom. The second kappa shape index (κ2) is 7.52. The smallest absolute Gasteiger partial charge is 0.137 e. The van der Waals surface area contributed by atoms with Crippen molar-refractivity contribution in [2.24, 2.45) is 0 Å². The first-order chi connectivity index (χ1) is 14.4. The maximum atomic E-state index is 4.55. The molecule has 0 radical (unpaired) electrons. The summed E-state index contributed by atoms with van der Waals surface area (Å²) in [7, 11) is 0. The van der Waals surface area contributed by atoms with E-state index in [2.05, 4.69) is 48.4 Å². The topological polar surface area (TPSA) is 79.4 Å². The van der Waals surface area contributed by atoms with Crippen molar-refractivity contribution < 1.29 is 0 Å². The number of aromatic nitrogens is 5. The highest BCUT2D eigenvalue weighted by Gasteiger charge is 2.11. The molecule has 2 N–H and O–H groups in total. The fraction of sp³-hybridized carbons (Fsp3) is 0.0435. The Hall–Kier alpha value is -4.06. The summed E-state index contributed by atoms with van der Waals surface area (Å²) >= 11 is 0. The number of rotatable bonds is 5. The van der Waals surface area contributed by atoms with Gasteiger partial charge < -0.3 is 10.3 Å². The van der Waals surface area contributed by atoms with E-state index < -0.39 is 0 Å². The van der Waals surface area contributed by atoms with E-state index in [1.54, 1.807) is 12.5 Å². The predicted molar refractivity (Wildman–Crippen MR) is 114 cm³/mol. The van der Waals surface area contributed by atoms with Crippen LogP contribution in [0.2, 0.25) is 0 Å². The standard InChI is InChI=1S/C23H18N6/c1-2-6-16(7-3-1)12-25-22-11-21(28-15-29-22)19-14-27-23-18(19)10-17(13-26-23)20-8-4-5-9-24-20/h1-11,13-15H,12H2,(H,26,27)(H,25,28,29). The van der Waals surface area contributed by atoms with Crippen molar-refractivity contribution in [2.75, 3.05) is 5.32 Å². The summed E-state index contributed by atoms with van der Waals surface area (Å²) in [6.45, 7) is 0.705. The van der Waals surface area contributed by atoms with E-state index >= 15 is 0 Å². The minimum Gasteiger partial charge on any atom is -0.366 e. The third kappa shape index (κ3) is 3.55. The molecule has 6 nitrogen and oxygen atoms in total. The highest BCUT2D eigenvalue weighted by Crippen LogP contribution is 2.30. The zero-order chi connectivity index (χ0) is 19.5. The highest BCUT2D eigenvalue weighted by atomic mass is 15.0. The molecule has 0 atom stereocenters. The molecule has 0 aliphatic carbocycles. The average molecular weight is 378 g/mol. The Morgan fingerprint density at radius 2 is 1.72 bits per heavy atom. The Bertz CT molecular complexity index is 1250. The van der Waals surface area contributed by atoms with E-state index in [1.165, 1.54) is 5.56 Å². The van der Waals surface area contributed by atoms with E-state index in [4.69, 9.17) is 0 Å². The Kier molecular flexibility index (Phi) is 4.42. The molecule has 0 unspecified atom stereocenters. The van der Waals surface area contributed by atoms with Gasteiger partial charge in [-0.1, -0.05) is 36.4 Å². The minimum absolute atomic E-state index is 0.705. The van der Waals surface area contributed by atoms with Crippen LogP contribution >= 0.6 is 0 Å². The van der Waals surface area contributed by atoms with Gasteiger partial charge in [0.15, 0.2) is 0 Å². The zero-order valence-electron chi connectivity index (χ0n) is 15.6. The van der Waals surface area contributed by atoms with Crippen molar-refractivity contribution in [3.63, 3.8) is 0 Å². The van der Waals surface area contributed by atoms with Gasteiger partial charge >= 0.3 is 0 Å². The lowest BCUT2D eigenvalue weighted by atomic mass is 10.1. The molecule has 4 heterocycles. The molecule has 1 aromatic carbocycles. The number of H-pyrrole nitrogens is 1. The van der Waals surface area contributed by atoms with Gasteiger partial charge in [0.25, 0.3) is 0 Å². The number of hydrogen-bond acceptors (Lipinski definition) is 5. The van der Waals surface area contributed by atoms with E-state index in [0.29, 0.717) is 6.54 Å². The molecule has 0 saturated carbocycles. The van der Waals surface area contributed by atoms with Gasteiger partial charge in [-0.3, -0.25) is 4.98 Å². The Balaban J connectivity index is 1.47. The molecular formula is C23H18N6. The number of fused-ring (bicyclic) bond motifs is 1. The summed E-state index contributed by atoms with van der Waals surface area (Å²) in [6.07, 6.45) is 7.13. The molecule has 5 aromatic rings. The summed E-state index contributed by atoms with van der Waals surface area (Å²) in [4.78, 5) is 21.0. The van der Waals surface area contributed by atoms with Crippen molar-refractivity contribution in [1.29, 1.82) is 0 Å². The Labute approximate surface area is 167 Å². The third-order valence-corrected chi connectivity index (χ3v) is 4.75. The van der Waals surface area contributed by atoms with Crippen LogP contribution in [0.3, 0.4) is 0 Å². The molecule has 5 rings (SSSR count). The van der Waals surface area contributed by atoms with Gasteiger partial charge in [0, 0.05) is 47.7 Å². The average Bonchev–Trinajstić information content (AvgIpc) is 3.22. The lowest BCUT2D eigenvalue weighted by Gasteiger charge is -2.07. The summed E-state index contributed by atoms with van der Waals surface area (Å²) < 4.78 is 0. The summed E-state index contributed by atoms with van der Waals surface area (Å²) in [6, 6.07) is 20.1. The number of pyridine rings is 2. The predicted octanol–water partition coefficient (Wildman–Crippen LogP) is 4.69. The van der Waals surface area contributed by atoms with Crippen molar-refractivity contribution in [3.8, 4) is 22.5 Å². The lowest BCUT2D eigenvalue weighted by Crippen LogP contribution is -2.01. The second-order valence-corrected chi connectivity index (χ2v) is 6.67. The fourth-order valence-electron chi connectivity index (χ4n) is 3.28. The molecule has 0 bridgehead atoms. The molecule has 0 aliphatic rings. The van der Waals surface area contributed by atoms with Gasteiger partial charge in [-0.05, 0) is 23.8 Å². The first-order valence-corrected chi connectivity index (χ1v) is 9.35. The fourth-order valence-corrected chi connectivity index (χ4v) is 3.28. The van der Waals surface area contributed by atoms with Crippen LogP contribution in [0.4, 0.5) is 5.82 Å². The van der Waals surface area contributed by atoms with Crippen molar-refractivity contribution in [2.45, 2.75) is 6.54 Å². The van der Waals surface area contributed by atoms with E-state index in [0.717, 1.165) is 39.4 Å². The van der Waals surface area contributed by atoms with Crippen LogP contribution in [0.5, 0.6) is 0 Å². The number of aromatic amines is 1. The van der Waals surface area contributed by atoms with E-state index in [1.807, 2.05) is 54.9 Å². The molecule has 0 aliphatic heterocycles. The molecule has 4 aromatic heterocycles. The lowest BCUT2D eigenvalue weighted by molar-refractivity contribution is 1.08. The van der Waals surface area contributed by atoms with Crippen LogP contribution in [0, 0.1) is 0 Å². The summed E-state index contributed by atoms with van der Waals surface area (Å²) in [5, 5.41) is 4.36. The van der Waals surface area contributed by atoms with Gasteiger partial charge in [-0.2, -0.15) is 0 Å². The molecule has 0 saturated heterocycles. The molecule has 29 heavy (non-hydrogen) atoms. The monoisotopic (exact) mass is 378 g/mol. The maximum Gasteiger partial charge on any atom is 0.137 e. The van der Waals surface area contributed by atoms with Crippen LogP contribution in [0.1, 0.15) is 5.56 Å². The molecule has 0 spiro atoms. The van der Waals surface area contributed by atoms with Crippen LogP contribution in [0.15, 0.2) is 85.6 Å². The van der Waals surface area contributed by atoms with Crippen LogP contribution in [0.25, 0.3) is 33.5 Å². The van der Waals surface area contributed by atoms with Crippen LogP contribution in [-0.2, 0) is 6.54 Å². The Morgan fingerprint density at radius 3 is 2.59 bits per heavy atom. The minimum atomic E-state index is 0.705. The van der Waals surface area contributed by atoms with Crippen molar-refractivity contribution in [3.05, 3.63) is 91.1 Å². The maximum absolute atomic E-state index is 4.55. The van der Waals surface area contributed by atoms with E-state index in [-0.39, 0.29) is 0 Å². The summed E-state index contributed by atoms with van der Waals surface area (Å²) in [5.41, 5.74) is 5.69. The highest BCUT2D eigenvalue weighted by molar-refractivity contribution is 5.94. The van der Waals surface area contributed by atoms with Gasteiger partial charge in [0.05, 0.1) is 11.4 Å². The SMILES string of the molecule is c1ccc(CNc2cc(-c3c[nH]c4ncc(-c5ccccn5)cc34)ncn2)cc1. The molecular weight excluding hydrogens is 360 g/mol. The van der Waals surface area contributed by atoms with Crippen LogP contribution < -0.4 is 5.32 Å².